The number of aromatic nitrogens is 1. The highest BCUT2D eigenvalue weighted by Gasteiger charge is 2.34. The lowest BCUT2D eigenvalue weighted by Gasteiger charge is -2.42. The number of para-hydroxylation sites is 1. The average molecular weight is 278 g/mol. The van der Waals surface area contributed by atoms with Crippen LogP contribution in [0.5, 0.6) is 0 Å². The van der Waals surface area contributed by atoms with E-state index in [0.717, 1.165) is 5.92 Å². The number of nitrogens with one attached hydrogen (secondary N) is 1. The molecule has 3 heterocycles. The summed E-state index contributed by atoms with van der Waals surface area (Å²) in [4.78, 5) is 6.41. The second-order valence-electron chi connectivity index (χ2n) is 6.87. The standard InChI is InChI=1S/C19H22N2/c1-2-6-14-13(5-1)9-11-21-12-10-16-15-7-3-4-8-17(15)20-18(16)19(14)21/h3-4,7-8,13,20H,1-2,5-6,9-12H2. The lowest BCUT2D eigenvalue weighted by atomic mass is 9.77. The van der Waals surface area contributed by atoms with Crippen LogP contribution in [0.3, 0.4) is 0 Å². The Kier molecular flexibility index (Phi) is 2.49. The molecule has 3 aliphatic rings. The van der Waals surface area contributed by atoms with E-state index in [2.05, 4.69) is 34.1 Å². The molecule has 2 aliphatic heterocycles. The van der Waals surface area contributed by atoms with Crippen LogP contribution >= 0.6 is 0 Å². The van der Waals surface area contributed by atoms with Gasteiger partial charge < -0.3 is 9.88 Å². The van der Waals surface area contributed by atoms with Gasteiger partial charge in [0, 0.05) is 24.0 Å². The van der Waals surface area contributed by atoms with Crippen LogP contribution < -0.4 is 0 Å². The van der Waals surface area contributed by atoms with Crippen LogP contribution in [0.15, 0.2) is 29.8 Å². The lowest BCUT2D eigenvalue weighted by Crippen LogP contribution is -2.37. The molecule has 2 nitrogen and oxygen atoms in total. The molecule has 0 spiro atoms. The first-order chi connectivity index (χ1) is 10.4. The molecule has 1 aromatic heterocycles. The maximum Gasteiger partial charge on any atom is 0.0661 e. The van der Waals surface area contributed by atoms with Crippen molar-refractivity contribution >= 4 is 16.6 Å². The van der Waals surface area contributed by atoms with E-state index >= 15 is 0 Å². The summed E-state index contributed by atoms with van der Waals surface area (Å²) in [6, 6.07) is 8.83. The second-order valence-corrected chi connectivity index (χ2v) is 6.87. The molecule has 0 bridgehead atoms. The summed E-state index contributed by atoms with van der Waals surface area (Å²) in [6.07, 6.45) is 8.14. The molecule has 0 amide bonds. The molecule has 5 rings (SSSR count). The number of benzene rings is 1. The Morgan fingerprint density at radius 3 is 2.95 bits per heavy atom. The Bertz CT molecular complexity index is 737. The fraction of sp³-hybridized carbons (Fsp3) is 0.474. The quantitative estimate of drug-likeness (QED) is 0.760. The molecule has 1 aromatic carbocycles. The molecule has 1 atom stereocenters. The van der Waals surface area contributed by atoms with E-state index in [1.165, 1.54) is 68.2 Å². The number of H-pyrrole nitrogens is 1. The largest absolute Gasteiger partial charge is 0.370 e. The van der Waals surface area contributed by atoms with Crippen LogP contribution in [0.2, 0.25) is 0 Å². The second kappa shape index (κ2) is 4.40. The maximum atomic E-state index is 3.75. The minimum atomic E-state index is 0.863. The predicted molar refractivity (Wildman–Crippen MR) is 87.1 cm³/mol. The van der Waals surface area contributed by atoms with Crippen molar-refractivity contribution in [2.45, 2.75) is 38.5 Å². The number of fused-ring (bicyclic) bond motifs is 6. The van der Waals surface area contributed by atoms with Gasteiger partial charge in [0.05, 0.1) is 11.4 Å². The molecular formula is C19H22N2. The van der Waals surface area contributed by atoms with Gasteiger partial charge in [-0.15, -0.1) is 0 Å². The Morgan fingerprint density at radius 1 is 1.00 bits per heavy atom. The highest BCUT2D eigenvalue weighted by molar-refractivity contribution is 5.90. The first-order valence-electron chi connectivity index (χ1n) is 8.50. The summed E-state index contributed by atoms with van der Waals surface area (Å²) >= 11 is 0. The van der Waals surface area contributed by atoms with Gasteiger partial charge >= 0.3 is 0 Å². The molecule has 0 saturated heterocycles. The van der Waals surface area contributed by atoms with Crippen molar-refractivity contribution < 1.29 is 0 Å². The average Bonchev–Trinajstić information content (AvgIpc) is 2.93. The fourth-order valence-electron chi connectivity index (χ4n) is 4.79. The Labute approximate surface area is 125 Å². The van der Waals surface area contributed by atoms with Crippen molar-refractivity contribution in [3.8, 4) is 0 Å². The van der Waals surface area contributed by atoms with Gasteiger partial charge in [0.25, 0.3) is 0 Å². The monoisotopic (exact) mass is 278 g/mol. The van der Waals surface area contributed by atoms with Crippen LogP contribution in [0.4, 0.5) is 0 Å². The number of allylic oxidation sites excluding steroid dienone is 1. The van der Waals surface area contributed by atoms with Crippen LogP contribution in [0, 0.1) is 5.92 Å². The highest BCUT2D eigenvalue weighted by Crippen LogP contribution is 2.45. The minimum absolute atomic E-state index is 0.863. The van der Waals surface area contributed by atoms with Crippen molar-refractivity contribution in [2.75, 3.05) is 13.1 Å². The number of nitrogens with zero attached hydrogens (tertiary/aromatic N) is 1. The third kappa shape index (κ3) is 1.65. The van der Waals surface area contributed by atoms with Gasteiger partial charge in [0.1, 0.15) is 0 Å². The van der Waals surface area contributed by atoms with Gasteiger partial charge in [-0.05, 0) is 55.2 Å². The third-order valence-electron chi connectivity index (χ3n) is 5.79. The van der Waals surface area contributed by atoms with Crippen molar-refractivity contribution in [3.05, 3.63) is 41.1 Å². The van der Waals surface area contributed by atoms with Gasteiger partial charge in [-0.1, -0.05) is 24.6 Å². The van der Waals surface area contributed by atoms with E-state index in [0.29, 0.717) is 0 Å². The summed E-state index contributed by atoms with van der Waals surface area (Å²) in [7, 11) is 0. The number of rotatable bonds is 0. The molecule has 1 aliphatic carbocycles. The molecule has 0 radical (unpaired) electrons. The summed E-state index contributed by atoms with van der Waals surface area (Å²) in [5.41, 5.74) is 7.68. The van der Waals surface area contributed by atoms with Crippen LogP contribution in [-0.4, -0.2) is 23.0 Å². The summed E-state index contributed by atoms with van der Waals surface area (Å²) in [6.45, 7) is 2.47. The summed E-state index contributed by atoms with van der Waals surface area (Å²) in [5.74, 6) is 0.863. The topological polar surface area (TPSA) is 19.0 Å². The van der Waals surface area contributed by atoms with E-state index in [1.54, 1.807) is 16.8 Å². The SMILES string of the molecule is c1ccc2c3c([nH]c2c1)C1=C2CCCCC2CCN1CC3. The first-order valence-corrected chi connectivity index (χ1v) is 8.50. The zero-order chi connectivity index (χ0) is 13.8. The van der Waals surface area contributed by atoms with Crippen LogP contribution in [-0.2, 0) is 6.42 Å². The minimum Gasteiger partial charge on any atom is -0.370 e. The van der Waals surface area contributed by atoms with E-state index in [1.807, 2.05) is 0 Å². The zero-order valence-corrected chi connectivity index (χ0v) is 12.5. The number of hydrogen-bond acceptors (Lipinski definition) is 1. The van der Waals surface area contributed by atoms with E-state index in [-0.39, 0.29) is 0 Å². The summed E-state index contributed by atoms with van der Waals surface area (Å²) in [5, 5.41) is 1.44. The molecule has 21 heavy (non-hydrogen) atoms. The highest BCUT2D eigenvalue weighted by atomic mass is 15.2. The van der Waals surface area contributed by atoms with Gasteiger partial charge in [-0.2, -0.15) is 0 Å². The van der Waals surface area contributed by atoms with Gasteiger partial charge in [0.2, 0.25) is 0 Å². The van der Waals surface area contributed by atoms with Crippen molar-refractivity contribution in [2.24, 2.45) is 5.92 Å². The number of hydrogen-bond donors (Lipinski definition) is 1. The zero-order valence-electron chi connectivity index (χ0n) is 12.5. The van der Waals surface area contributed by atoms with Gasteiger partial charge in [-0.25, -0.2) is 0 Å². The molecule has 2 aromatic rings. The molecule has 2 heteroatoms. The lowest BCUT2D eigenvalue weighted by molar-refractivity contribution is 0.296. The molecule has 1 unspecified atom stereocenters. The maximum absolute atomic E-state index is 3.75. The van der Waals surface area contributed by atoms with Crippen LogP contribution in [0.1, 0.15) is 43.4 Å². The van der Waals surface area contributed by atoms with Crippen LogP contribution in [0.25, 0.3) is 16.6 Å². The fourth-order valence-corrected chi connectivity index (χ4v) is 4.79. The Balaban J connectivity index is 1.77. The molecule has 1 saturated carbocycles. The summed E-state index contributed by atoms with van der Waals surface area (Å²) < 4.78 is 0. The third-order valence-corrected chi connectivity index (χ3v) is 5.79. The van der Waals surface area contributed by atoms with Gasteiger partial charge in [0.15, 0.2) is 0 Å². The van der Waals surface area contributed by atoms with Gasteiger partial charge in [-0.3, -0.25) is 0 Å². The van der Waals surface area contributed by atoms with E-state index < -0.39 is 0 Å². The Morgan fingerprint density at radius 2 is 1.95 bits per heavy atom. The molecular weight excluding hydrogens is 256 g/mol. The molecule has 1 fully saturated rings. The number of aromatic amines is 1. The van der Waals surface area contributed by atoms with Crippen molar-refractivity contribution in [3.63, 3.8) is 0 Å². The normalized spacial score (nSPS) is 24.8. The molecule has 108 valence electrons. The van der Waals surface area contributed by atoms with E-state index in [9.17, 15) is 0 Å². The van der Waals surface area contributed by atoms with Crippen molar-refractivity contribution in [1.82, 2.24) is 9.88 Å². The first kappa shape index (κ1) is 11.9. The Hall–Kier alpha value is -1.70. The van der Waals surface area contributed by atoms with Crippen molar-refractivity contribution in [1.29, 1.82) is 0 Å². The van der Waals surface area contributed by atoms with E-state index in [4.69, 9.17) is 0 Å². The smallest absolute Gasteiger partial charge is 0.0661 e. The molecule has 1 N–H and O–H groups in total. The predicted octanol–water partition coefficient (Wildman–Crippen LogP) is 4.33.